The number of carbonyl (C=O) groups excluding carboxylic acids is 1. The molecule has 0 bridgehead atoms. The zero-order valence-corrected chi connectivity index (χ0v) is 11.6. The van der Waals surface area contributed by atoms with E-state index in [0.29, 0.717) is 13.1 Å². The number of nitrogens with zero attached hydrogens (tertiary/aromatic N) is 2. The van der Waals surface area contributed by atoms with Crippen molar-refractivity contribution < 1.29 is 14.6 Å². The fourth-order valence-electron chi connectivity index (χ4n) is 1.96. The predicted octanol–water partition coefficient (Wildman–Crippen LogP) is 1.84. The van der Waals surface area contributed by atoms with Gasteiger partial charge in [-0.25, -0.2) is 9.78 Å². The molecule has 18 heavy (non-hydrogen) atoms. The van der Waals surface area contributed by atoms with Gasteiger partial charge in [0.15, 0.2) is 0 Å². The molecular weight excluding hydrogens is 252 g/mol. The van der Waals surface area contributed by atoms with E-state index < -0.39 is 11.7 Å². The lowest BCUT2D eigenvalue weighted by molar-refractivity contribution is 0.0270. The molecule has 1 aromatic rings. The van der Waals surface area contributed by atoms with Gasteiger partial charge in [0.2, 0.25) is 0 Å². The van der Waals surface area contributed by atoms with Crippen LogP contribution >= 0.6 is 11.3 Å². The molecule has 1 N–H and O–H groups in total. The van der Waals surface area contributed by atoms with Gasteiger partial charge in [-0.1, -0.05) is 0 Å². The van der Waals surface area contributed by atoms with Gasteiger partial charge in [-0.2, -0.15) is 0 Å². The van der Waals surface area contributed by atoms with Crippen LogP contribution in [-0.4, -0.2) is 45.9 Å². The molecule has 0 spiro atoms. The third kappa shape index (κ3) is 3.00. The maximum atomic E-state index is 11.9. The Morgan fingerprint density at radius 3 is 2.83 bits per heavy atom. The van der Waals surface area contributed by atoms with Crippen LogP contribution in [0, 0.1) is 0 Å². The van der Waals surface area contributed by atoms with Crippen LogP contribution in [0.5, 0.6) is 0 Å². The van der Waals surface area contributed by atoms with E-state index in [-0.39, 0.29) is 12.0 Å². The van der Waals surface area contributed by atoms with Crippen LogP contribution in [0.25, 0.3) is 0 Å². The Morgan fingerprint density at radius 2 is 2.28 bits per heavy atom. The first-order valence-corrected chi connectivity index (χ1v) is 6.85. The van der Waals surface area contributed by atoms with E-state index in [1.807, 2.05) is 26.2 Å². The molecule has 1 amide bonds. The zero-order chi connectivity index (χ0) is 13.3. The molecule has 1 aliphatic heterocycles. The monoisotopic (exact) mass is 270 g/mol. The third-order valence-electron chi connectivity index (χ3n) is 2.77. The van der Waals surface area contributed by atoms with Gasteiger partial charge in [-0.3, -0.25) is 0 Å². The minimum atomic E-state index is -0.570. The molecule has 5 nitrogen and oxygen atoms in total. The van der Waals surface area contributed by atoms with Crippen molar-refractivity contribution in [1.82, 2.24) is 9.88 Å². The number of ether oxygens (including phenoxy) is 1. The number of rotatable bonds is 1. The van der Waals surface area contributed by atoms with Crippen molar-refractivity contribution in [3.05, 3.63) is 16.6 Å². The maximum absolute atomic E-state index is 11.9. The number of aromatic nitrogens is 1. The lowest BCUT2D eigenvalue weighted by Gasteiger charge is -2.24. The van der Waals surface area contributed by atoms with Crippen LogP contribution in [0.3, 0.4) is 0 Å². The number of aliphatic hydroxyl groups excluding tert-OH is 1. The first-order chi connectivity index (χ1) is 8.37. The highest BCUT2D eigenvalue weighted by atomic mass is 32.1. The van der Waals surface area contributed by atoms with E-state index in [2.05, 4.69) is 4.98 Å². The molecule has 1 saturated heterocycles. The Balaban J connectivity index is 2.00. The van der Waals surface area contributed by atoms with E-state index >= 15 is 0 Å². The second kappa shape index (κ2) is 4.85. The summed E-state index contributed by atoms with van der Waals surface area (Å²) in [6.07, 6.45) is -0.945. The minimum Gasteiger partial charge on any atom is -0.444 e. The number of carbonyl (C=O) groups is 1. The first-order valence-electron chi connectivity index (χ1n) is 5.91. The van der Waals surface area contributed by atoms with Crippen molar-refractivity contribution in [2.75, 3.05) is 13.1 Å². The van der Waals surface area contributed by atoms with Crippen molar-refractivity contribution in [3.8, 4) is 0 Å². The van der Waals surface area contributed by atoms with E-state index in [9.17, 15) is 9.90 Å². The highest BCUT2D eigenvalue weighted by Crippen LogP contribution is 2.28. The highest BCUT2D eigenvalue weighted by molar-refractivity contribution is 7.07. The molecule has 2 rings (SSSR count). The molecule has 0 aliphatic carbocycles. The molecule has 1 aliphatic rings. The topological polar surface area (TPSA) is 62.7 Å². The van der Waals surface area contributed by atoms with Crippen molar-refractivity contribution in [2.24, 2.45) is 0 Å². The fourth-order valence-corrected chi connectivity index (χ4v) is 2.58. The molecule has 0 aromatic carbocycles. The van der Waals surface area contributed by atoms with Crippen molar-refractivity contribution in [3.63, 3.8) is 0 Å². The summed E-state index contributed by atoms with van der Waals surface area (Å²) in [4.78, 5) is 17.6. The van der Waals surface area contributed by atoms with Crippen LogP contribution in [0.1, 0.15) is 32.4 Å². The third-order valence-corrected chi connectivity index (χ3v) is 3.38. The normalized spacial score (nSPS) is 24.3. The number of amides is 1. The van der Waals surface area contributed by atoms with Crippen LogP contribution in [-0.2, 0) is 4.74 Å². The molecule has 1 aromatic heterocycles. The summed E-state index contributed by atoms with van der Waals surface area (Å²) in [6, 6.07) is 0. The smallest absolute Gasteiger partial charge is 0.410 e. The zero-order valence-electron chi connectivity index (χ0n) is 10.8. The summed E-state index contributed by atoms with van der Waals surface area (Å²) >= 11 is 1.49. The van der Waals surface area contributed by atoms with Gasteiger partial charge in [-0.05, 0) is 20.8 Å². The fraction of sp³-hybridized carbons (Fsp3) is 0.667. The number of likely N-dealkylation sites (tertiary alicyclic amines) is 1. The molecule has 0 radical (unpaired) electrons. The van der Waals surface area contributed by atoms with Gasteiger partial charge in [0.1, 0.15) is 5.60 Å². The summed E-state index contributed by atoms with van der Waals surface area (Å²) in [7, 11) is 0. The summed E-state index contributed by atoms with van der Waals surface area (Å²) in [5.74, 6) is -0.108. The van der Waals surface area contributed by atoms with Gasteiger partial charge < -0.3 is 14.7 Å². The van der Waals surface area contributed by atoms with E-state index in [0.717, 1.165) is 5.69 Å². The van der Waals surface area contributed by atoms with Crippen LogP contribution < -0.4 is 0 Å². The molecule has 2 unspecified atom stereocenters. The Bertz CT molecular complexity index is 413. The van der Waals surface area contributed by atoms with Gasteiger partial charge in [0.25, 0.3) is 0 Å². The Labute approximate surface area is 110 Å². The SMILES string of the molecule is CC(C)(C)OC(=O)N1CC(O)C(c2cscn2)C1. The molecule has 1 fully saturated rings. The van der Waals surface area contributed by atoms with Gasteiger partial charge in [0, 0.05) is 17.8 Å². The second-order valence-electron chi connectivity index (χ2n) is 5.47. The van der Waals surface area contributed by atoms with Crippen LogP contribution in [0.15, 0.2) is 10.9 Å². The summed E-state index contributed by atoms with van der Waals surface area (Å²) in [6.45, 7) is 6.25. The van der Waals surface area contributed by atoms with Gasteiger partial charge in [0.05, 0.1) is 23.9 Å². The second-order valence-corrected chi connectivity index (χ2v) is 6.19. The predicted molar refractivity (Wildman–Crippen MR) is 68.7 cm³/mol. The lowest BCUT2D eigenvalue weighted by atomic mass is 10.0. The molecular formula is C12H18N2O3S. The quantitative estimate of drug-likeness (QED) is 0.845. The van der Waals surface area contributed by atoms with Gasteiger partial charge in [-0.15, -0.1) is 11.3 Å². The summed E-state index contributed by atoms with van der Waals surface area (Å²) in [5.41, 5.74) is 2.07. The Morgan fingerprint density at radius 1 is 1.56 bits per heavy atom. The standard InChI is InChI=1S/C12H18N2O3S/c1-12(2,3)17-11(16)14-4-8(10(15)5-14)9-6-18-7-13-9/h6-8,10,15H,4-5H2,1-3H3. The van der Waals surface area contributed by atoms with E-state index in [4.69, 9.17) is 4.74 Å². The highest BCUT2D eigenvalue weighted by Gasteiger charge is 2.37. The Kier molecular flexibility index (Phi) is 3.59. The molecule has 2 atom stereocenters. The van der Waals surface area contributed by atoms with E-state index in [1.54, 1.807) is 10.4 Å². The average Bonchev–Trinajstić information content (AvgIpc) is 2.82. The van der Waals surface area contributed by atoms with Crippen molar-refractivity contribution >= 4 is 17.4 Å². The van der Waals surface area contributed by atoms with Gasteiger partial charge >= 0.3 is 6.09 Å². The Hall–Kier alpha value is -1.14. The number of aliphatic hydroxyl groups is 1. The maximum Gasteiger partial charge on any atom is 0.410 e. The summed E-state index contributed by atoms with van der Waals surface area (Å²) < 4.78 is 5.29. The molecule has 0 saturated carbocycles. The average molecular weight is 270 g/mol. The molecule has 2 heterocycles. The lowest BCUT2D eigenvalue weighted by Crippen LogP contribution is -2.35. The number of thiazole rings is 1. The molecule has 100 valence electrons. The number of hydrogen-bond donors (Lipinski definition) is 1. The van der Waals surface area contributed by atoms with Crippen molar-refractivity contribution in [1.29, 1.82) is 0 Å². The number of hydrogen-bond acceptors (Lipinski definition) is 5. The van der Waals surface area contributed by atoms with Crippen molar-refractivity contribution in [2.45, 2.75) is 38.4 Å². The van der Waals surface area contributed by atoms with Crippen LogP contribution in [0.4, 0.5) is 4.79 Å². The summed E-state index contributed by atoms with van der Waals surface area (Å²) in [5, 5.41) is 11.9. The van der Waals surface area contributed by atoms with E-state index in [1.165, 1.54) is 11.3 Å². The number of β-amino-alcohol motifs (C(OH)–C–C–N with tert-alkyl or cyclic N) is 1. The van der Waals surface area contributed by atoms with Crippen LogP contribution in [0.2, 0.25) is 0 Å². The largest absolute Gasteiger partial charge is 0.444 e. The molecule has 6 heteroatoms. The minimum absolute atomic E-state index is 0.108. The first kappa shape index (κ1) is 13.3.